The van der Waals surface area contributed by atoms with Crippen molar-refractivity contribution in [3.05, 3.63) is 58.7 Å². The van der Waals surface area contributed by atoms with E-state index in [1.807, 2.05) is 6.07 Å². The second kappa shape index (κ2) is 5.80. The van der Waals surface area contributed by atoms with Crippen molar-refractivity contribution in [3.8, 4) is 0 Å². The molecule has 0 N–H and O–H groups in total. The van der Waals surface area contributed by atoms with Crippen molar-refractivity contribution < 1.29 is 9.18 Å². The van der Waals surface area contributed by atoms with Gasteiger partial charge in [-0.2, -0.15) is 0 Å². The fourth-order valence-electron chi connectivity index (χ4n) is 3.32. The molecule has 8 heteroatoms. The quantitative estimate of drug-likeness (QED) is 0.705. The molecule has 3 aromatic heterocycles. The molecule has 4 rings (SSSR count). The van der Waals surface area contributed by atoms with Crippen LogP contribution in [0.25, 0.3) is 11.2 Å². The monoisotopic (exact) mass is 341 g/mol. The van der Waals surface area contributed by atoms with E-state index in [0.29, 0.717) is 25.2 Å². The van der Waals surface area contributed by atoms with E-state index in [-0.39, 0.29) is 23.3 Å². The number of imidazole rings is 1. The fraction of sp³-hybridized carbons (Fsp3) is 0.294. The van der Waals surface area contributed by atoms with Crippen LogP contribution in [0.1, 0.15) is 23.0 Å². The summed E-state index contributed by atoms with van der Waals surface area (Å²) in [5.74, 6) is -0.743. The predicted molar refractivity (Wildman–Crippen MR) is 88.7 cm³/mol. The Balaban J connectivity index is 1.63. The predicted octanol–water partition coefficient (Wildman–Crippen LogP) is 1.36. The number of rotatable bonds is 2. The molecule has 1 atom stereocenters. The highest BCUT2D eigenvalue weighted by Crippen LogP contribution is 2.24. The van der Waals surface area contributed by atoms with Crippen molar-refractivity contribution >= 4 is 17.1 Å². The van der Waals surface area contributed by atoms with Crippen LogP contribution in [0.5, 0.6) is 0 Å². The molecular weight excluding hydrogens is 325 g/mol. The number of hydrogen-bond donors (Lipinski definition) is 0. The lowest BCUT2D eigenvalue weighted by Gasteiger charge is -2.16. The van der Waals surface area contributed by atoms with Gasteiger partial charge in [-0.15, -0.1) is 0 Å². The van der Waals surface area contributed by atoms with Crippen LogP contribution in [0.2, 0.25) is 0 Å². The first-order chi connectivity index (χ1) is 12.1. The first kappa shape index (κ1) is 15.5. The third-order valence-corrected chi connectivity index (χ3v) is 4.61. The second-order valence-corrected chi connectivity index (χ2v) is 6.11. The smallest absolute Gasteiger partial charge is 0.330 e. The zero-order chi connectivity index (χ0) is 17.6. The largest absolute Gasteiger partial charge is 0.335 e. The van der Waals surface area contributed by atoms with Gasteiger partial charge in [0.1, 0.15) is 11.5 Å². The van der Waals surface area contributed by atoms with Crippen LogP contribution in [-0.4, -0.2) is 43.0 Å². The summed E-state index contributed by atoms with van der Waals surface area (Å²) >= 11 is 0. The molecule has 0 aliphatic carbocycles. The van der Waals surface area contributed by atoms with Gasteiger partial charge in [0.05, 0.1) is 17.8 Å². The lowest BCUT2D eigenvalue weighted by Crippen LogP contribution is -2.32. The molecule has 0 spiro atoms. The molecule has 25 heavy (non-hydrogen) atoms. The minimum atomic E-state index is -0.482. The van der Waals surface area contributed by atoms with Gasteiger partial charge < -0.3 is 4.90 Å². The molecule has 0 unspecified atom stereocenters. The zero-order valence-corrected chi connectivity index (χ0v) is 13.6. The van der Waals surface area contributed by atoms with Crippen LogP contribution in [0.4, 0.5) is 4.39 Å². The second-order valence-electron chi connectivity index (χ2n) is 6.11. The van der Waals surface area contributed by atoms with Crippen LogP contribution in [-0.2, 0) is 7.05 Å². The Morgan fingerprint density at radius 1 is 1.28 bits per heavy atom. The fourth-order valence-corrected chi connectivity index (χ4v) is 3.32. The van der Waals surface area contributed by atoms with Crippen molar-refractivity contribution in [2.75, 3.05) is 13.1 Å². The summed E-state index contributed by atoms with van der Waals surface area (Å²) < 4.78 is 16.2. The Hall–Kier alpha value is -3.03. The number of aryl methyl sites for hydroxylation is 1. The number of amides is 1. The third kappa shape index (κ3) is 2.50. The first-order valence-electron chi connectivity index (χ1n) is 7.99. The number of carbonyl (C=O) groups is 1. The van der Waals surface area contributed by atoms with Gasteiger partial charge in [0, 0.05) is 26.3 Å². The average molecular weight is 341 g/mol. The van der Waals surface area contributed by atoms with E-state index in [1.54, 1.807) is 33.3 Å². The molecule has 0 bridgehead atoms. The highest BCUT2D eigenvalue weighted by molar-refractivity contribution is 5.92. The van der Waals surface area contributed by atoms with E-state index in [1.165, 1.54) is 12.1 Å². The molecule has 0 aromatic carbocycles. The minimum absolute atomic E-state index is 0.143. The molecule has 0 saturated carbocycles. The van der Waals surface area contributed by atoms with E-state index in [2.05, 4.69) is 9.97 Å². The topological polar surface area (TPSA) is 73.0 Å². The van der Waals surface area contributed by atoms with Crippen LogP contribution >= 0.6 is 0 Å². The summed E-state index contributed by atoms with van der Waals surface area (Å²) in [6, 6.07) is 6.08. The van der Waals surface area contributed by atoms with Crippen molar-refractivity contribution in [2.45, 2.75) is 12.5 Å². The summed E-state index contributed by atoms with van der Waals surface area (Å²) in [7, 11) is 1.71. The molecular formula is C17H16FN5O2. The lowest BCUT2D eigenvalue weighted by atomic mass is 10.2. The van der Waals surface area contributed by atoms with Crippen LogP contribution in [0.15, 0.2) is 41.5 Å². The first-order valence-corrected chi connectivity index (χ1v) is 7.99. The number of fused-ring (bicyclic) bond motifs is 1. The molecule has 1 aliphatic rings. The van der Waals surface area contributed by atoms with Crippen molar-refractivity contribution in [1.29, 1.82) is 0 Å². The maximum atomic E-state index is 13.0. The Morgan fingerprint density at radius 2 is 2.12 bits per heavy atom. The summed E-state index contributed by atoms with van der Waals surface area (Å²) in [6.45, 7) is 0.908. The van der Waals surface area contributed by atoms with E-state index < -0.39 is 5.82 Å². The Kier molecular flexibility index (Phi) is 3.60. The van der Waals surface area contributed by atoms with E-state index in [4.69, 9.17) is 0 Å². The molecule has 7 nitrogen and oxygen atoms in total. The number of nitrogens with zero attached hydrogens (tertiary/aromatic N) is 5. The van der Waals surface area contributed by atoms with Crippen molar-refractivity contribution in [1.82, 2.24) is 24.0 Å². The van der Waals surface area contributed by atoms with Crippen molar-refractivity contribution in [2.24, 2.45) is 7.05 Å². The minimum Gasteiger partial charge on any atom is -0.335 e. The van der Waals surface area contributed by atoms with Crippen LogP contribution in [0, 0.1) is 5.82 Å². The van der Waals surface area contributed by atoms with Gasteiger partial charge in [0.15, 0.2) is 5.65 Å². The van der Waals surface area contributed by atoms with Gasteiger partial charge in [0.2, 0.25) is 0 Å². The summed E-state index contributed by atoms with van der Waals surface area (Å²) in [5, 5.41) is 0. The third-order valence-electron chi connectivity index (χ3n) is 4.61. The molecule has 1 fully saturated rings. The Bertz CT molecular complexity index is 1010. The standard InChI is InChI=1S/C17H16FN5O2/c1-21-14-3-2-7-19-15(14)23(17(21)25)12-6-8-22(10-12)16(24)13-5-4-11(18)9-20-13/h2-5,7,9,12H,6,8,10H2,1H3/t12-/m1/s1. The highest BCUT2D eigenvalue weighted by Gasteiger charge is 2.31. The van der Waals surface area contributed by atoms with E-state index in [9.17, 15) is 14.0 Å². The van der Waals surface area contributed by atoms with Gasteiger partial charge in [0.25, 0.3) is 5.91 Å². The number of carbonyl (C=O) groups excluding carboxylic acids is 1. The number of halogens is 1. The highest BCUT2D eigenvalue weighted by atomic mass is 19.1. The van der Waals surface area contributed by atoms with Gasteiger partial charge in [-0.1, -0.05) is 0 Å². The molecule has 1 amide bonds. The van der Waals surface area contributed by atoms with Crippen LogP contribution < -0.4 is 5.69 Å². The Labute approximate surface area is 142 Å². The summed E-state index contributed by atoms with van der Waals surface area (Å²) in [6.07, 6.45) is 3.33. The molecule has 1 saturated heterocycles. The van der Waals surface area contributed by atoms with Crippen LogP contribution in [0.3, 0.4) is 0 Å². The SMILES string of the molecule is Cn1c(=O)n([C@@H]2CCN(C(=O)c3ccc(F)cn3)C2)c2ncccc21. The van der Waals surface area contributed by atoms with Gasteiger partial charge >= 0.3 is 5.69 Å². The number of pyridine rings is 2. The molecule has 4 heterocycles. The maximum absolute atomic E-state index is 13.0. The zero-order valence-electron chi connectivity index (χ0n) is 13.6. The summed E-state index contributed by atoms with van der Waals surface area (Å²) in [5.41, 5.74) is 1.44. The number of likely N-dealkylation sites (tertiary alicyclic amines) is 1. The molecule has 1 aliphatic heterocycles. The number of aromatic nitrogens is 4. The van der Waals surface area contributed by atoms with Gasteiger partial charge in [-0.3, -0.25) is 13.9 Å². The molecule has 0 radical (unpaired) electrons. The molecule has 3 aromatic rings. The van der Waals surface area contributed by atoms with Gasteiger partial charge in [-0.25, -0.2) is 19.2 Å². The normalized spacial score (nSPS) is 17.4. The van der Waals surface area contributed by atoms with E-state index in [0.717, 1.165) is 11.7 Å². The van der Waals surface area contributed by atoms with Crippen molar-refractivity contribution in [3.63, 3.8) is 0 Å². The average Bonchev–Trinajstić information content (AvgIpc) is 3.19. The lowest BCUT2D eigenvalue weighted by molar-refractivity contribution is 0.0781. The maximum Gasteiger partial charge on any atom is 0.330 e. The molecule has 128 valence electrons. The van der Waals surface area contributed by atoms with E-state index >= 15 is 0 Å². The van der Waals surface area contributed by atoms with Gasteiger partial charge in [-0.05, 0) is 30.7 Å². The number of hydrogen-bond acceptors (Lipinski definition) is 4. The Morgan fingerprint density at radius 3 is 2.88 bits per heavy atom. The summed E-state index contributed by atoms with van der Waals surface area (Å²) in [4.78, 5) is 34.9.